The fourth-order valence-electron chi connectivity index (χ4n) is 7.90. The van der Waals surface area contributed by atoms with E-state index >= 15 is 8.78 Å². The first-order valence-corrected chi connectivity index (χ1v) is 20.6. The number of para-hydroxylation sites is 1. The van der Waals surface area contributed by atoms with Crippen LogP contribution in [0.4, 0.5) is 36.6 Å². The van der Waals surface area contributed by atoms with E-state index in [0.29, 0.717) is 32.8 Å². The highest BCUT2D eigenvalue weighted by molar-refractivity contribution is 7.92. The lowest BCUT2D eigenvalue weighted by atomic mass is 9.93. The van der Waals surface area contributed by atoms with Crippen molar-refractivity contribution in [1.82, 2.24) is 35.2 Å². The van der Waals surface area contributed by atoms with Gasteiger partial charge in [0.05, 0.1) is 29.6 Å². The molecule has 3 aromatic heterocycles. The third-order valence-electron chi connectivity index (χ3n) is 10.7. The van der Waals surface area contributed by atoms with Crippen LogP contribution >= 0.6 is 0 Å². The molecule has 2 aliphatic rings. The number of hydrogen-bond donors (Lipinski definition) is 3. The Bertz CT molecular complexity index is 2600. The molecule has 59 heavy (non-hydrogen) atoms. The Labute approximate surface area is 334 Å². The molecule has 5 aromatic rings. The molecule has 19 heteroatoms. The Morgan fingerprint density at radius 3 is 2.44 bits per heavy atom. The Hall–Kier alpha value is -5.48. The van der Waals surface area contributed by atoms with Crippen LogP contribution in [0.3, 0.4) is 0 Å². The molecule has 1 aliphatic heterocycles. The third-order valence-corrected chi connectivity index (χ3v) is 11.3. The molecule has 0 radical (unpaired) electrons. The molecule has 7 rings (SSSR count). The summed E-state index contributed by atoms with van der Waals surface area (Å²) in [7, 11) is -2.19. The van der Waals surface area contributed by atoms with Gasteiger partial charge in [0.1, 0.15) is 29.6 Å². The predicted octanol–water partition coefficient (Wildman–Crippen LogP) is 6.94. The van der Waals surface area contributed by atoms with Crippen LogP contribution in [0.1, 0.15) is 79.0 Å². The number of benzene rings is 2. The summed E-state index contributed by atoms with van der Waals surface area (Å²) in [6.45, 7) is 2.07. The first-order valence-electron chi connectivity index (χ1n) is 18.7. The summed E-state index contributed by atoms with van der Waals surface area (Å²) in [6, 6.07) is 9.49. The van der Waals surface area contributed by atoms with Gasteiger partial charge in [0.25, 0.3) is 5.92 Å². The average molecular weight is 845 g/mol. The molecule has 2 aromatic carbocycles. The van der Waals surface area contributed by atoms with Crippen molar-refractivity contribution in [3.8, 4) is 23.0 Å². The molecular weight excluding hydrogens is 806 g/mol. The summed E-state index contributed by atoms with van der Waals surface area (Å²) in [5.41, 5.74) is -1.65. The van der Waals surface area contributed by atoms with E-state index < -0.39 is 81.0 Å². The van der Waals surface area contributed by atoms with Gasteiger partial charge in [-0.15, -0.1) is 0 Å². The lowest BCUT2D eigenvalue weighted by molar-refractivity contribution is -0.143. The number of nitrogens with one attached hydrogen (secondary N) is 3. The molecule has 3 N–H and O–H groups in total. The zero-order chi connectivity index (χ0) is 42.6. The number of piperidine rings is 1. The predicted molar refractivity (Wildman–Crippen MR) is 205 cm³/mol. The maximum absolute atomic E-state index is 15.6. The molecule has 1 fully saturated rings. The number of pyridine rings is 1. The summed E-state index contributed by atoms with van der Waals surface area (Å²) >= 11 is 0. The Morgan fingerprint density at radius 1 is 1.05 bits per heavy atom. The number of anilines is 1. The SMILES string of the molecule is C[C@@H]1c2c(C(F)(F)F)nn(CC(=O)N[C@@H](Cc3cc(F)cc(F)c3)c3nc(C#CC4CCCCN4)ccc3-c3cccc4c(NS(C)(=O)=O)nn(C)c34)c2C(F)(F)[C@@H]1C. The lowest BCUT2D eigenvalue weighted by Gasteiger charge is -2.23. The molecule has 4 atom stereocenters. The largest absolute Gasteiger partial charge is 0.435 e. The van der Waals surface area contributed by atoms with Gasteiger partial charge < -0.3 is 10.6 Å². The molecule has 4 heterocycles. The van der Waals surface area contributed by atoms with Gasteiger partial charge in [-0.05, 0) is 80.0 Å². The van der Waals surface area contributed by atoms with Crippen LogP contribution in [-0.2, 0) is 46.9 Å². The van der Waals surface area contributed by atoms with Crippen molar-refractivity contribution in [2.45, 2.75) is 76.2 Å². The zero-order valence-electron chi connectivity index (χ0n) is 32.2. The molecule has 0 saturated carbocycles. The van der Waals surface area contributed by atoms with Gasteiger partial charge in [-0.2, -0.15) is 32.1 Å². The maximum atomic E-state index is 15.6. The monoisotopic (exact) mass is 844 g/mol. The summed E-state index contributed by atoms with van der Waals surface area (Å²) in [5.74, 6) is -3.20. The first-order chi connectivity index (χ1) is 27.7. The minimum Gasteiger partial charge on any atom is -0.346 e. The van der Waals surface area contributed by atoms with Crippen molar-refractivity contribution in [1.29, 1.82) is 0 Å². The highest BCUT2D eigenvalue weighted by atomic mass is 32.2. The van der Waals surface area contributed by atoms with Crippen LogP contribution in [0, 0.1) is 29.4 Å². The highest BCUT2D eigenvalue weighted by Gasteiger charge is 2.57. The van der Waals surface area contributed by atoms with Gasteiger partial charge >= 0.3 is 6.18 Å². The number of nitrogens with zero attached hydrogens (tertiary/aromatic N) is 5. The summed E-state index contributed by atoms with van der Waals surface area (Å²) in [4.78, 5) is 18.9. The van der Waals surface area contributed by atoms with E-state index in [1.165, 1.54) is 11.6 Å². The number of carbonyl (C=O) groups is 1. The van der Waals surface area contributed by atoms with Crippen LogP contribution in [0.5, 0.6) is 0 Å². The molecule has 1 unspecified atom stereocenters. The number of fused-ring (bicyclic) bond motifs is 2. The smallest absolute Gasteiger partial charge is 0.346 e. The van der Waals surface area contributed by atoms with Gasteiger partial charge in [-0.1, -0.05) is 31.9 Å². The second-order valence-corrected chi connectivity index (χ2v) is 16.8. The van der Waals surface area contributed by atoms with E-state index in [1.54, 1.807) is 37.4 Å². The van der Waals surface area contributed by atoms with Crippen LogP contribution in [0.2, 0.25) is 0 Å². The van der Waals surface area contributed by atoms with Crippen LogP contribution in [0.25, 0.3) is 22.0 Å². The molecule has 312 valence electrons. The molecule has 11 nitrogen and oxygen atoms in total. The maximum Gasteiger partial charge on any atom is 0.435 e. The molecular formula is C40H39F7N8O3S. The van der Waals surface area contributed by atoms with E-state index in [4.69, 9.17) is 4.98 Å². The number of alkyl halides is 5. The van der Waals surface area contributed by atoms with Crippen LogP contribution in [0.15, 0.2) is 48.5 Å². The summed E-state index contributed by atoms with van der Waals surface area (Å²) < 4.78 is 132. The van der Waals surface area contributed by atoms with Crippen molar-refractivity contribution in [3.63, 3.8) is 0 Å². The molecule has 0 spiro atoms. The van der Waals surface area contributed by atoms with Crippen molar-refractivity contribution in [2.75, 3.05) is 17.5 Å². The zero-order valence-corrected chi connectivity index (χ0v) is 33.0. The number of amides is 1. The topological polar surface area (TPSA) is 136 Å². The number of carbonyl (C=O) groups excluding carboxylic acids is 1. The summed E-state index contributed by atoms with van der Waals surface area (Å²) in [6.07, 6.45) is -1.72. The van der Waals surface area contributed by atoms with E-state index in [0.717, 1.165) is 51.1 Å². The second-order valence-electron chi connectivity index (χ2n) is 15.0. The quantitative estimate of drug-likeness (QED) is 0.108. The van der Waals surface area contributed by atoms with E-state index in [1.807, 2.05) is 0 Å². The number of aryl methyl sites for hydroxylation is 1. The molecule has 1 amide bonds. The molecule has 0 bridgehead atoms. The average Bonchev–Trinajstić information content (AvgIpc) is 3.75. The molecule has 1 aliphatic carbocycles. The van der Waals surface area contributed by atoms with E-state index in [9.17, 15) is 35.2 Å². The normalized spacial score (nSPS) is 19.5. The van der Waals surface area contributed by atoms with Gasteiger partial charge in [-0.25, -0.2) is 22.2 Å². The fourth-order valence-corrected chi connectivity index (χ4v) is 8.40. The Morgan fingerprint density at radius 2 is 1.78 bits per heavy atom. The van der Waals surface area contributed by atoms with Crippen molar-refractivity contribution < 1.29 is 43.9 Å². The lowest BCUT2D eigenvalue weighted by Crippen LogP contribution is -2.35. The van der Waals surface area contributed by atoms with Crippen molar-refractivity contribution >= 4 is 32.7 Å². The van der Waals surface area contributed by atoms with Crippen molar-refractivity contribution in [3.05, 3.63) is 94.1 Å². The number of halogens is 7. The van der Waals surface area contributed by atoms with Crippen LogP contribution in [-0.4, -0.2) is 57.7 Å². The number of hydrogen-bond acceptors (Lipinski definition) is 7. The van der Waals surface area contributed by atoms with Gasteiger partial charge in [0, 0.05) is 41.1 Å². The van der Waals surface area contributed by atoms with Gasteiger partial charge in [-0.3, -0.25) is 18.9 Å². The Balaban J connectivity index is 1.38. The number of sulfonamides is 1. The second kappa shape index (κ2) is 15.6. The number of rotatable bonds is 9. The Kier molecular flexibility index (Phi) is 11.0. The summed E-state index contributed by atoms with van der Waals surface area (Å²) in [5, 5.41) is 14.2. The van der Waals surface area contributed by atoms with Crippen LogP contribution < -0.4 is 15.4 Å². The van der Waals surface area contributed by atoms with Gasteiger partial charge in [0.15, 0.2) is 11.5 Å². The minimum absolute atomic E-state index is 0.0225. The van der Waals surface area contributed by atoms with Gasteiger partial charge in [0.2, 0.25) is 15.9 Å². The van der Waals surface area contributed by atoms with E-state index in [2.05, 4.69) is 37.4 Å². The minimum atomic E-state index is -5.10. The third kappa shape index (κ3) is 8.51. The van der Waals surface area contributed by atoms with Crippen molar-refractivity contribution in [2.24, 2.45) is 13.0 Å². The molecule has 1 saturated heterocycles. The first kappa shape index (κ1) is 41.7. The van der Waals surface area contributed by atoms with E-state index in [-0.39, 0.29) is 35.2 Å². The number of aromatic nitrogens is 5. The fraction of sp³-hybridized carbons (Fsp3) is 0.400. The standard InChI is InChI=1S/C40H39F7N8O3S/c1-21-22(2)39(43,44)37-33(21)36(40(45,46)47)51-55(37)20-32(56)50-31(18-23-16-24(41)19-25(42)17-23)34-28(14-13-27(49-34)12-11-26-8-5-6-15-48-26)29-9-7-10-30-35(29)54(3)52-38(30)53-59(4,57)58/h7,9-10,13-14,16-17,19,21-22,26,31,48H,5-6,8,15,18,20H2,1-4H3,(H,50,56)(H,52,53)/t21-,22+,26?,31-/m0/s1. The highest BCUT2D eigenvalue weighted by Crippen LogP contribution is 2.55.